The molecule has 3 heteroatoms. The highest BCUT2D eigenvalue weighted by molar-refractivity contribution is 5.78. The predicted molar refractivity (Wildman–Crippen MR) is 52.9 cm³/mol. The average molecular weight is 191 g/mol. The molecule has 3 nitrogen and oxygen atoms in total. The number of aryl methyl sites for hydroxylation is 1. The smallest absolute Gasteiger partial charge is 0.246 e. The molecule has 1 aromatic carbocycles. The maximum atomic E-state index is 11.1. The summed E-state index contributed by atoms with van der Waals surface area (Å²) >= 11 is 0. The highest BCUT2D eigenvalue weighted by Gasteiger charge is 2.20. The number of hydrogen-bond donors (Lipinski definition) is 1. The summed E-state index contributed by atoms with van der Waals surface area (Å²) in [5.41, 5.74) is 2.32. The van der Waals surface area contributed by atoms with Gasteiger partial charge in [-0.3, -0.25) is 4.79 Å². The molecule has 0 unspecified atom stereocenters. The second-order valence-electron chi connectivity index (χ2n) is 3.49. The van der Waals surface area contributed by atoms with Gasteiger partial charge < -0.3 is 10.1 Å². The minimum absolute atomic E-state index is 0.0115. The van der Waals surface area contributed by atoms with Crippen LogP contribution in [0.1, 0.15) is 17.2 Å². The molecule has 0 saturated carbocycles. The summed E-state index contributed by atoms with van der Waals surface area (Å²) in [7, 11) is 0. The third-order valence-corrected chi connectivity index (χ3v) is 2.42. The predicted octanol–water partition coefficient (Wildman–Crippen LogP) is 1.18. The fourth-order valence-corrected chi connectivity index (χ4v) is 1.69. The van der Waals surface area contributed by atoms with Gasteiger partial charge in [-0.15, -0.1) is 0 Å². The Balaban J connectivity index is 2.22. The van der Waals surface area contributed by atoms with E-state index in [-0.39, 0.29) is 18.6 Å². The summed E-state index contributed by atoms with van der Waals surface area (Å²) in [4.78, 5) is 11.1. The van der Waals surface area contributed by atoms with Crippen molar-refractivity contribution in [1.29, 1.82) is 0 Å². The lowest BCUT2D eigenvalue weighted by Crippen LogP contribution is -2.39. The van der Waals surface area contributed by atoms with Gasteiger partial charge in [0.2, 0.25) is 5.91 Å². The molecule has 0 aliphatic carbocycles. The van der Waals surface area contributed by atoms with Crippen molar-refractivity contribution in [3.8, 4) is 0 Å². The molecule has 1 N–H and O–H groups in total. The monoisotopic (exact) mass is 191 g/mol. The molecular formula is C11H13NO2. The zero-order valence-corrected chi connectivity index (χ0v) is 8.12. The number of amides is 1. The van der Waals surface area contributed by atoms with E-state index in [0.29, 0.717) is 6.61 Å². The van der Waals surface area contributed by atoms with Gasteiger partial charge in [-0.2, -0.15) is 0 Å². The van der Waals surface area contributed by atoms with E-state index in [4.69, 9.17) is 4.74 Å². The first-order valence-electron chi connectivity index (χ1n) is 4.70. The summed E-state index contributed by atoms with van der Waals surface area (Å²) in [5.74, 6) is -0.0375. The number of rotatable bonds is 1. The van der Waals surface area contributed by atoms with Gasteiger partial charge in [0, 0.05) is 0 Å². The molecule has 0 spiro atoms. The Morgan fingerprint density at radius 1 is 1.43 bits per heavy atom. The molecule has 1 aliphatic rings. The fourth-order valence-electron chi connectivity index (χ4n) is 1.69. The number of carbonyl (C=O) groups is 1. The normalized spacial score (nSPS) is 21.8. The molecule has 1 heterocycles. The number of nitrogens with one attached hydrogen (secondary N) is 1. The van der Waals surface area contributed by atoms with Crippen molar-refractivity contribution in [2.24, 2.45) is 0 Å². The Kier molecular flexibility index (Phi) is 2.50. The molecule has 0 radical (unpaired) electrons. The van der Waals surface area contributed by atoms with E-state index in [0.717, 1.165) is 5.56 Å². The lowest BCUT2D eigenvalue weighted by molar-refractivity contribution is -0.131. The van der Waals surface area contributed by atoms with Gasteiger partial charge >= 0.3 is 0 Å². The van der Waals surface area contributed by atoms with Crippen molar-refractivity contribution < 1.29 is 9.53 Å². The standard InChI is InChI=1S/C11H13NO2/c1-8-4-2-3-5-9(8)10-6-14-7-11(13)12-10/h2-5,10H,6-7H2,1H3,(H,12,13)/t10-/m0/s1. The van der Waals surface area contributed by atoms with E-state index in [1.165, 1.54) is 5.56 Å². The van der Waals surface area contributed by atoms with Crippen LogP contribution in [0.4, 0.5) is 0 Å². The summed E-state index contributed by atoms with van der Waals surface area (Å²) in [6.45, 7) is 2.79. The number of benzene rings is 1. The Morgan fingerprint density at radius 2 is 2.21 bits per heavy atom. The van der Waals surface area contributed by atoms with Crippen LogP contribution in [-0.4, -0.2) is 19.1 Å². The van der Waals surface area contributed by atoms with Crippen molar-refractivity contribution in [2.45, 2.75) is 13.0 Å². The largest absolute Gasteiger partial charge is 0.369 e. The minimum atomic E-state index is -0.0375. The summed E-state index contributed by atoms with van der Waals surface area (Å²) in [5, 5.41) is 2.91. The van der Waals surface area contributed by atoms with Crippen LogP contribution in [-0.2, 0) is 9.53 Å². The summed E-state index contributed by atoms with van der Waals surface area (Å²) in [6, 6.07) is 8.04. The van der Waals surface area contributed by atoms with Gasteiger partial charge in [-0.05, 0) is 18.1 Å². The number of carbonyl (C=O) groups excluding carboxylic acids is 1. The maximum absolute atomic E-state index is 11.1. The minimum Gasteiger partial charge on any atom is -0.369 e. The number of ether oxygens (including phenoxy) is 1. The second kappa shape index (κ2) is 3.80. The number of hydrogen-bond acceptors (Lipinski definition) is 2. The maximum Gasteiger partial charge on any atom is 0.246 e. The highest BCUT2D eigenvalue weighted by Crippen LogP contribution is 2.19. The van der Waals surface area contributed by atoms with E-state index in [2.05, 4.69) is 5.32 Å². The third kappa shape index (κ3) is 1.77. The molecule has 74 valence electrons. The van der Waals surface area contributed by atoms with Crippen LogP contribution in [0.3, 0.4) is 0 Å². The van der Waals surface area contributed by atoms with E-state index in [1.807, 2.05) is 31.2 Å². The summed E-state index contributed by atoms with van der Waals surface area (Å²) < 4.78 is 5.19. The molecule has 1 amide bonds. The topological polar surface area (TPSA) is 38.3 Å². The highest BCUT2D eigenvalue weighted by atomic mass is 16.5. The molecule has 2 rings (SSSR count). The van der Waals surface area contributed by atoms with E-state index in [1.54, 1.807) is 0 Å². The van der Waals surface area contributed by atoms with Gasteiger partial charge in [-0.25, -0.2) is 0 Å². The Labute approximate surface area is 83.1 Å². The number of morpholine rings is 1. The molecule has 1 fully saturated rings. The van der Waals surface area contributed by atoms with Crippen LogP contribution in [0, 0.1) is 6.92 Å². The van der Waals surface area contributed by atoms with Crippen molar-refractivity contribution >= 4 is 5.91 Å². The van der Waals surface area contributed by atoms with E-state index in [9.17, 15) is 4.79 Å². The van der Waals surface area contributed by atoms with Crippen LogP contribution in [0.5, 0.6) is 0 Å². The first-order valence-corrected chi connectivity index (χ1v) is 4.70. The van der Waals surface area contributed by atoms with Crippen LogP contribution in [0.25, 0.3) is 0 Å². The molecule has 1 aliphatic heterocycles. The Morgan fingerprint density at radius 3 is 2.93 bits per heavy atom. The zero-order valence-electron chi connectivity index (χ0n) is 8.12. The fraction of sp³-hybridized carbons (Fsp3) is 0.364. The first-order chi connectivity index (χ1) is 6.77. The van der Waals surface area contributed by atoms with Gasteiger partial charge in [0.05, 0.1) is 12.6 Å². The lowest BCUT2D eigenvalue weighted by atomic mass is 10.0. The molecule has 1 saturated heterocycles. The second-order valence-corrected chi connectivity index (χ2v) is 3.49. The van der Waals surface area contributed by atoms with Crippen LogP contribution in [0.2, 0.25) is 0 Å². The first kappa shape index (κ1) is 9.21. The SMILES string of the molecule is Cc1ccccc1[C@@H]1COCC(=O)N1. The van der Waals surface area contributed by atoms with E-state index < -0.39 is 0 Å². The molecule has 1 aromatic rings. The molecule has 0 aromatic heterocycles. The van der Waals surface area contributed by atoms with Crippen molar-refractivity contribution in [3.05, 3.63) is 35.4 Å². The van der Waals surface area contributed by atoms with Gasteiger partial charge in [-0.1, -0.05) is 24.3 Å². The van der Waals surface area contributed by atoms with Crippen molar-refractivity contribution in [1.82, 2.24) is 5.32 Å². The molecular weight excluding hydrogens is 178 g/mol. The van der Waals surface area contributed by atoms with Gasteiger partial charge in [0.1, 0.15) is 6.61 Å². The van der Waals surface area contributed by atoms with Crippen LogP contribution in [0.15, 0.2) is 24.3 Å². The van der Waals surface area contributed by atoms with Crippen LogP contribution < -0.4 is 5.32 Å². The lowest BCUT2D eigenvalue weighted by Gasteiger charge is -2.25. The molecule has 14 heavy (non-hydrogen) atoms. The average Bonchev–Trinajstić information content (AvgIpc) is 2.18. The van der Waals surface area contributed by atoms with Crippen LogP contribution >= 0.6 is 0 Å². The summed E-state index contributed by atoms with van der Waals surface area (Å²) in [6.07, 6.45) is 0. The van der Waals surface area contributed by atoms with Crippen molar-refractivity contribution in [3.63, 3.8) is 0 Å². The Bertz CT molecular complexity index is 349. The Hall–Kier alpha value is -1.35. The third-order valence-electron chi connectivity index (χ3n) is 2.42. The van der Waals surface area contributed by atoms with Gasteiger partial charge in [0.15, 0.2) is 0 Å². The zero-order chi connectivity index (χ0) is 9.97. The van der Waals surface area contributed by atoms with Crippen molar-refractivity contribution in [2.75, 3.05) is 13.2 Å². The quantitative estimate of drug-likeness (QED) is 0.724. The molecule has 0 bridgehead atoms. The van der Waals surface area contributed by atoms with E-state index >= 15 is 0 Å². The molecule has 1 atom stereocenters. The van der Waals surface area contributed by atoms with Gasteiger partial charge in [0.25, 0.3) is 0 Å².